The van der Waals surface area contributed by atoms with Crippen LogP contribution in [0.4, 0.5) is 10.6 Å². The molecule has 1 aromatic carbocycles. The van der Waals surface area contributed by atoms with E-state index in [-0.39, 0.29) is 36.2 Å². The third-order valence-electron chi connectivity index (χ3n) is 7.44. The van der Waals surface area contributed by atoms with Crippen molar-refractivity contribution < 1.29 is 9.59 Å². The number of anilines is 1. The first-order valence-electron chi connectivity index (χ1n) is 13.3. The Hall–Kier alpha value is -2.99. The van der Waals surface area contributed by atoms with Crippen molar-refractivity contribution in [2.24, 2.45) is 17.4 Å². The zero-order chi connectivity index (χ0) is 27.4. The highest BCUT2D eigenvalue weighted by atomic mass is 35.5. The molecule has 0 unspecified atom stereocenters. The van der Waals surface area contributed by atoms with Crippen molar-refractivity contribution in [3.63, 3.8) is 0 Å². The summed E-state index contributed by atoms with van der Waals surface area (Å²) in [6.45, 7) is 9.96. The highest BCUT2D eigenvalue weighted by Gasteiger charge is 2.31. The molecule has 0 aliphatic carbocycles. The molecule has 2 aromatic rings. The maximum Gasteiger partial charge on any atom is 0.354 e. The number of rotatable bonds is 6. The lowest BCUT2D eigenvalue weighted by molar-refractivity contribution is -0.137. The number of hydrogen-bond donors (Lipinski definition) is 3. The number of aromatic nitrogens is 2. The van der Waals surface area contributed by atoms with Gasteiger partial charge >= 0.3 is 11.7 Å². The van der Waals surface area contributed by atoms with Crippen LogP contribution in [-0.4, -0.2) is 87.0 Å². The second-order valence-corrected chi connectivity index (χ2v) is 11.0. The standard InChI is InChI=1S/C27H40N8O3.ClH/c1-19(28)21-8-11-32(12-9-21)18-20-4-6-22(7-5-20)35-13-10-23(31-26(35)38)30-25(37)34-16-14-33(15-17-34)24(36)27(2,3)29;/h4-7,10,13,19,21H,8-9,11-12,14-18,28-29H2,1-3H3,(H,30,31,37,38);1H/t19-;/m1./s1. The maximum absolute atomic E-state index is 12.7. The van der Waals surface area contributed by atoms with Crippen molar-refractivity contribution >= 4 is 30.2 Å². The Labute approximate surface area is 235 Å². The third-order valence-corrected chi connectivity index (χ3v) is 7.44. The van der Waals surface area contributed by atoms with Crippen molar-refractivity contribution in [2.45, 2.75) is 51.7 Å². The van der Waals surface area contributed by atoms with E-state index in [9.17, 15) is 14.4 Å². The molecular weight excluding hydrogens is 520 g/mol. The first kappa shape index (κ1) is 30.6. The lowest BCUT2D eigenvalue weighted by atomic mass is 9.91. The summed E-state index contributed by atoms with van der Waals surface area (Å²) in [5, 5.41) is 2.69. The second kappa shape index (κ2) is 12.9. The summed E-state index contributed by atoms with van der Waals surface area (Å²) >= 11 is 0. The molecule has 2 aliphatic heterocycles. The van der Waals surface area contributed by atoms with Gasteiger partial charge in [-0.1, -0.05) is 12.1 Å². The van der Waals surface area contributed by atoms with Crippen LogP contribution in [0.25, 0.3) is 5.69 Å². The SMILES string of the molecule is C[C@@H](N)C1CCN(Cc2ccc(-n3ccc(NC(=O)N4CCN(C(=O)C(C)(C)N)CC4)nc3=O)cc2)CC1.Cl. The van der Waals surface area contributed by atoms with Gasteiger partial charge in [0.05, 0.1) is 11.2 Å². The van der Waals surface area contributed by atoms with Gasteiger partial charge in [0.15, 0.2) is 0 Å². The molecule has 0 saturated carbocycles. The van der Waals surface area contributed by atoms with Gasteiger partial charge in [-0.05, 0) is 76.4 Å². The number of nitrogens with zero attached hydrogens (tertiary/aromatic N) is 5. The van der Waals surface area contributed by atoms with Gasteiger partial charge in [0.2, 0.25) is 5.91 Å². The Kier molecular flexibility index (Phi) is 10.1. The van der Waals surface area contributed by atoms with E-state index in [1.54, 1.807) is 35.9 Å². The van der Waals surface area contributed by atoms with Gasteiger partial charge in [-0.15, -0.1) is 12.4 Å². The Morgan fingerprint density at radius 3 is 2.15 bits per heavy atom. The normalized spacial score (nSPS) is 17.9. The number of urea groups is 1. The minimum absolute atomic E-state index is 0. The number of likely N-dealkylation sites (tertiary alicyclic amines) is 1. The van der Waals surface area contributed by atoms with Crippen molar-refractivity contribution in [1.82, 2.24) is 24.3 Å². The molecule has 3 heterocycles. The molecule has 0 bridgehead atoms. The fourth-order valence-electron chi connectivity index (χ4n) is 5.03. The average Bonchev–Trinajstić information content (AvgIpc) is 2.89. The summed E-state index contributed by atoms with van der Waals surface area (Å²) < 4.78 is 1.45. The molecule has 5 N–H and O–H groups in total. The monoisotopic (exact) mass is 560 g/mol. The number of carbonyl (C=O) groups excluding carboxylic acids is 2. The lowest BCUT2D eigenvalue weighted by Gasteiger charge is -2.37. The van der Waals surface area contributed by atoms with Crippen LogP contribution < -0.4 is 22.5 Å². The maximum atomic E-state index is 12.7. The topological polar surface area (TPSA) is 143 Å². The number of piperazine rings is 1. The number of benzene rings is 1. The molecule has 12 heteroatoms. The molecule has 2 saturated heterocycles. The number of hydrogen-bond acceptors (Lipinski definition) is 7. The number of carbonyl (C=O) groups is 2. The summed E-state index contributed by atoms with van der Waals surface area (Å²) in [6.07, 6.45) is 3.86. The molecule has 2 aliphatic rings. The summed E-state index contributed by atoms with van der Waals surface area (Å²) in [5.74, 6) is 0.646. The van der Waals surface area contributed by atoms with E-state index in [4.69, 9.17) is 11.5 Å². The first-order valence-corrected chi connectivity index (χ1v) is 13.3. The quantitative estimate of drug-likeness (QED) is 0.487. The summed E-state index contributed by atoms with van der Waals surface area (Å²) in [6, 6.07) is 9.38. The number of nitrogens with two attached hydrogens (primary N) is 2. The predicted molar refractivity (Wildman–Crippen MR) is 154 cm³/mol. The fourth-order valence-corrected chi connectivity index (χ4v) is 5.03. The summed E-state index contributed by atoms with van der Waals surface area (Å²) in [5.41, 5.74) is 12.4. The molecule has 1 atom stereocenters. The van der Waals surface area contributed by atoms with E-state index in [0.717, 1.165) is 32.5 Å². The second-order valence-electron chi connectivity index (χ2n) is 11.0. The minimum Gasteiger partial charge on any atom is -0.338 e. The van der Waals surface area contributed by atoms with E-state index < -0.39 is 11.2 Å². The Morgan fingerprint density at radius 2 is 1.62 bits per heavy atom. The zero-order valence-corrected chi connectivity index (χ0v) is 23.8. The van der Waals surface area contributed by atoms with E-state index in [2.05, 4.69) is 22.1 Å². The lowest BCUT2D eigenvalue weighted by Crippen LogP contribution is -2.58. The van der Waals surface area contributed by atoms with Crippen LogP contribution in [0.3, 0.4) is 0 Å². The van der Waals surface area contributed by atoms with E-state index in [1.807, 2.05) is 24.3 Å². The van der Waals surface area contributed by atoms with Gasteiger partial charge < -0.3 is 21.3 Å². The molecule has 0 spiro atoms. The molecule has 11 nitrogen and oxygen atoms in total. The van der Waals surface area contributed by atoms with Gasteiger partial charge in [-0.3, -0.25) is 19.6 Å². The highest BCUT2D eigenvalue weighted by molar-refractivity contribution is 5.89. The molecule has 3 amide bonds. The largest absolute Gasteiger partial charge is 0.354 e. The Balaban J connectivity index is 0.00000420. The zero-order valence-electron chi connectivity index (χ0n) is 23.0. The van der Waals surface area contributed by atoms with Crippen LogP contribution in [0.15, 0.2) is 41.3 Å². The Bertz CT molecular complexity index is 1180. The van der Waals surface area contributed by atoms with Gasteiger partial charge in [-0.2, -0.15) is 4.98 Å². The average molecular weight is 561 g/mol. The fraction of sp³-hybridized carbons (Fsp3) is 0.556. The number of amides is 3. The number of piperidine rings is 1. The molecule has 0 radical (unpaired) electrons. The molecule has 1 aromatic heterocycles. The van der Waals surface area contributed by atoms with E-state index in [0.29, 0.717) is 37.8 Å². The van der Waals surface area contributed by atoms with Gasteiger partial charge in [0.25, 0.3) is 0 Å². The van der Waals surface area contributed by atoms with E-state index in [1.165, 1.54) is 10.1 Å². The predicted octanol–water partition coefficient (Wildman–Crippen LogP) is 1.63. The smallest absolute Gasteiger partial charge is 0.338 e. The number of nitrogens with one attached hydrogen (secondary N) is 1. The van der Waals surface area contributed by atoms with Gasteiger partial charge in [-0.25, -0.2) is 9.59 Å². The Morgan fingerprint density at radius 1 is 1.03 bits per heavy atom. The molecule has 39 heavy (non-hydrogen) atoms. The van der Waals surface area contributed by atoms with Crippen molar-refractivity contribution in [3.8, 4) is 5.69 Å². The van der Waals surface area contributed by atoms with Crippen LogP contribution in [0.2, 0.25) is 0 Å². The van der Waals surface area contributed by atoms with Gasteiger partial charge in [0, 0.05) is 45.0 Å². The third kappa shape index (κ3) is 7.78. The van der Waals surface area contributed by atoms with Crippen molar-refractivity contribution in [3.05, 3.63) is 52.6 Å². The molecular formula is C27H41ClN8O3. The molecule has 214 valence electrons. The van der Waals surface area contributed by atoms with Crippen LogP contribution in [0.1, 0.15) is 39.2 Å². The summed E-state index contributed by atoms with van der Waals surface area (Å²) in [4.78, 5) is 47.5. The van der Waals surface area contributed by atoms with Gasteiger partial charge in [0.1, 0.15) is 5.82 Å². The summed E-state index contributed by atoms with van der Waals surface area (Å²) in [7, 11) is 0. The number of halogens is 1. The van der Waals surface area contributed by atoms with Crippen molar-refractivity contribution in [2.75, 3.05) is 44.6 Å². The van der Waals surface area contributed by atoms with Crippen LogP contribution >= 0.6 is 12.4 Å². The van der Waals surface area contributed by atoms with Crippen LogP contribution in [-0.2, 0) is 11.3 Å². The first-order chi connectivity index (χ1) is 18.0. The van der Waals surface area contributed by atoms with E-state index >= 15 is 0 Å². The van der Waals surface area contributed by atoms with Crippen LogP contribution in [0.5, 0.6) is 0 Å². The van der Waals surface area contributed by atoms with Crippen LogP contribution in [0, 0.1) is 5.92 Å². The molecule has 4 rings (SSSR count). The van der Waals surface area contributed by atoms with Crippen molar-refractivity contribution in [1.29, 1.82) is 0 Å². The molecule has 2 fully saturated rings. The minimum atomic E-state index is -0.945. The highest BCUT2D eigenvalue weighted by Crippen LogP contribution is 2.21.